The molecule has 0 bridgehead atoms. The van der Waals surface area contributed by atoms with Gasteiger partial charge in [0.25, 0.3) is 5.91 Å². The number of likely N-dealkylation sites (tertiary alicyclic amines) is 1. The number of nitrogens with one attached hydrogen (secondary N) is 1. The van der Waals surface area contributed by atoms with Crippen molar-refractivity contribution in [3.05, 3.63) is 41.2 Å². The van der Waals surface area contributed by atoms with Crippen LogP contribution in [0.1, 0.15) is 67.1 Å². The minimum atomic E-state index is -0.0485. The third kappa shape index (κ3) is 3.47. The van der Waals surface area contributed by atoms with Crippen molar-refractivity contribution >= 4 is 5.91 Å². The molecule has 1 saturated heterocycles. The first kappa shape index (κ1) is 16.6. The summed E-state index contributed by atoms with van der Waals surface area (Å²) in [6.45, 7) is 9.69. The number of aryl methyl sites for hydroxylation is 1. The molecular formula is C18H25N5O. The molecule has 1 atom stereocenters. The highest BCUT2D eigenvalue weighted by Crippen LogP contribution is 2.27. The van der Waals surface area contributed by atoms with Gasteiger partial charge in [0, 0.05) is 42.5 Å². The minimum Gasteiger partial charge on any atom is -0.337 e. The van der Waals surface area contributed by atoms with E-state index in [4.69, 9.17) is 0 Å². The molecule has 2 aromatic rings. The Labute approximate surface area is 142 Å². The van der Waals surface area contributed by atoms with Crippen LogP contribution in [-0.2, 0) is 5.41 Å². The summed E-state index contributed by atoms with van der Waals surface area (Å²) in [5.74, 6) is 0.239. The van der Waals surface area contributed by atoms with Crippen molar-refractivity contribution in [2.24, 2.45) is 0 Å². The second-order valence-corrected chi connectivity index (χ2v) is 7.59. The van der Waals surface area contributed by atoms with E-state index in [9.17, 15) is 4.79 Å². The number of hydrogen-bond donors (Lipinski definition) is 1. The maximum absolute atomic E-state index is 12.8. The number of piperidine rings is 1. The van der Waals surface area contributed by atoms with E-state index in [0.717, 1.165) is 36.5 Å². The van der Waals surface area contributed by atoms with Crippen molar-refractivity contribution in [1.82, 2.24) is 25.1 Å². The molecule has 3 heterocycles. The van der Waals surface area contributed by atoms with E-state index < -0.39 is 0 Å². The fraction of sp³-hybridized carbons (Fsp3) is 0.556. The van der Waals surface area contributed by atoms with Gasteiger partial charge in [-0.2, -0.15) is 5.10 Å². The minimum absolute atomic E-state index is 0.00735. The molecule has 1 aliphatic rings. The number of H-pyrrole nitrogens is 1. The molecule has 0 aromatic carbocycles. The normalized spacial score (nSPS) is 18.7. The zero-order valence-corrected chi connectivity index (χ0v) is 14.8. The largest absolute Gasteiger partial charge is 0.337 e. The van der Waals surface area contributed by atoms with E-state index in [1.165, 1.54) is 0 Å². The van der Waals surface area contributed by atoms with Crippen molar-refractivity contribution in [1.29, 1.82) is 0 Å². The van der Waals surface area contributed by atoms with Gasteiger partial charge in [-0.25, -0.2) is 0 Å². The van der Waals surface area contributed by atoms with Gasteiger partial charge in [0.2, 0.25) is 0 Å². The third-order valence-electron chi connectivity index (χ3n) is 4.51. The van der Waals surface area contributed by atoms with Crippen molar-refractivity contribution in [3.8, 4) is 0 Å². The van der Waals surface area contributed by atoms with Gasteiger partial charge in [-0.3, -0.25) is 19.9 Å². The number of aromatic nitrogens is 4. The number of nitrogens with zero attached hydrogens (tertiary/aromatic N) is 4. The van der Waals surface area contributed by atoms with Crippen LogP contribution in [0.3, 0.4) is 0 Å². The molecule has 0 aliphatic carbocycles. The summed E-state index contributed by atoms with van der Waals surface area (Å²) in [6.07, 6.45) is 5.59. The molecule has 128 valence electrons. The average Bonchev–Trinajstić information content (AvgIpc) is 3.04. The number of aromatic amines is 1. The molecule has 1 fully saturated rings. The lowest BCUT2D eigenvalue weighted by Gasteiger charge is -2.32. The topological polar surface area (TPSA) is 74.8 Å². The predicted octanol–water partition coefficient (Wildman–Crippen LogP) is 2.83. The first-order valence-corrected chi connectivity index (χ1v) is 8.48. The average molecular weight is 327 g/mol. The van der Waals surface area contributed by atoms with Crippen LogP contribution in [0.2, 0.25) is 0 Å². The first-order valence-electron chi connectivity index (χ1n) is 8.48. The van der Waals surface area contributed by atoms with Crippen LogP contribution in [0, 0.1) is 6.92 Å². The molecule has 0 spiro atoms. The molecule has 0 radical (unpaired) electrons. The molecule has 24 heavy (non-hydrogen) atoms. The summed E-state index contributed by atoms with van der Waals surface area (Å²) in [5, 5.41) is 7.22. The van der Waals surface area contributed by atoms with Crippen LogP contribution in [0.25, 0.3) is 0 Å². The Kier molecular flexibility index (Phi) is 4.39. The molecule has 1 amide bonds. The van der Waals surface area contributed by atoms with Gasteiger partial charge >= 0.3 is 0 Å². The first-order chi connectivity index (χ1) is 11.3. The quantitative estimate of drug-likeness (QED) is 0.920. The summed E-state index contributed by atoms with van der Waals surface area (Å²) < 4.78 is 0. The monoisotopic (exact) mass is 327 g/mol. The van der Waals surface area contributed by atoms with Crippen molar-refractivity contribution < 1.29 is 4.79 Å². The maximum atomic E-state index is 12.8. The van der Waals surface area contributed by atoms with Crippen LogP contribution in [-0.4, -0.2) is 44.1 Å². The molecule has 1 aliphatic heterocycles. The highest BCUT2D eigenvalue weighted by Gasteiger charge is 2.28. The maximum Gasteiger partial charge on any atom is 0.274 e. The van der Waals surface area contributed by atoms with Gasteiger partial charge in [0.05, 0.1) is 11.4 Å². The molecule has 2 aromatic heterocycles. The van der Waals surface area contributed by atoms with Crippen LogP contribution in [0.4, 0.5) is 0 Å². The highest BCUT2D eigenvalue weighted by molar-refractivity contribution is 5.92. The van der Waals surface area contributed by atoms with E-state index in [0.29, 0.717) is 12.2 Å². The summed E-state index contributed by atoms with van der Waals surface area (Å²) in [4.78, 5) is 23.5. The molecule has 6 nitrogen and oxygen atoms in total. The number of carbonyl (C=O) groups excluding carboxylic acids is 1. The molecule has 3 rings (SSSR count). The van der Waals surface area contributed by atoms with E-state index in [2.05, 4.69) is 40.9 Å². The number of rotatable bonds is 2. The van der Waals surface area contributed by atoms with E-state index >= 15 is 0 Å². The van der Waals surface area contributed by atoms with E-state index in [-0.39, 0.29) is 17.2 Å². The predicted molar refractivity (Wildman–Crippen MR) is 91.9 cm³/mol. The zero-order chi connectivity index (χ0) is 17.3. The van der Waals surface area contributed by atoms with Crippen molar-refractivity contribution in [2.75, 3.05) is 13.1 Å². The number of carbonyl (C=O) groups is 1. The van der Waals surface area contributed by atoms with Gasteiger partial charge in [0.1, 0.15) is 5.69 Å². The van der Waals surface area contributed by atoms with Gasteiger partial charge in [-0.1, -0.05) is 20.8 Å². The van der Waals surface area contributed by atoms with E-state index in [1.807, 2.05) is 24.1 Å². The second-order valence-electron chi connectivity index (χ2n) is 7.59. The molecule has 0 saturated carbocycles. The fourth-order valence-electron chi connectivity index (χ4n) is 3.06. The molecule has 6 heteroatoms. The number of hydrogen-bond acceptors (Lipinski definition) is 4. The lowest BCUT2D eigenvalue weighted by atomic mass is 9.92. The lowest BCUT2D eigenvalue weighted by Crippen LogP contribution is -2.39. The van der Waals surface area contributed by atoms with Crippen molar-refractivity contribution in [2.45, 2.75) is 51.9 Å². The van der Waals surface area contributed by atoms with E-state index in [1.54, 1.807) is 6.20 Å². The van der Waals surface area contributed by atoms with Crippen LogP contribution in [0.5, 0.6) is 0 Å². The summed E-state index contributed by atoms with van der Waals surface area (Å²) in [6, 6.07) is 1.87. The van der Waals surface area contributed by atoms with Crippen LogP contribution in [0.15, 0.2) is 18.5 Å². The Morgan fingerprint density at radius 3 is 2.79 bits per heavy atom. The van der Waals surface area contributed by atoms with Gasteiger partial charge in [-0.05, 0) is 25.8 Å². The Hall–Kier alpha value is -2.24. The SMILES string of the molecule is Cc1cncc(C2CCCN(C(=O)c3cc(C(C)(C)C)[nH]n3)C2)n1. The van der Waals surface area contributed by atoms with Gasteiger partial charge in [-0.15, -0.1) is 0 Å². The standard InChI is InChI=1S/C18H25N5O/c1-12-9-19-10-15(20-12)13-6-5-7-23(11-13)17(24)14-8-16(22-21-14)18(2,3)4/h8-10,13H,5-7,11H2,1-4H3,(H,21,22). The van der Waals surface area contributed by atoms with Crippen molar-refractivity contribution in [3.63, 3.8) is 0 Å². The summed E-state index contributed by atoms with van der Waals surface area (Å²) in [7, 11) is 0. The Morgan fingerprint density at radius 2 is 2.12 bits per heavy atom. The Bertz CT molecular complexity index is 731. The van der Waals surface area contributed by atoms with Gasteiger partial charge < -0.3 is 4.90 Å². The zero-order valence-electron chi connectivity index (χ0n) is 14.8. The third-order valence-corrected chi connectivity index (χ3v) is 4.51. The lowest BCUT2D eigenvalue weighted by molar-refractivity contribution is 0.0699. The van der Waals surface area contributed by atoms with Gasteiger partial charge in [0.15, 0.2) is 0 Å². The second kappa shape index (κ2) is 6.34. The summed E-state index contributed by atoms with van der Waals surface area (Å²) in [5.41, 5.74) is 3.32. The summed E-state index contributed by atoms with van der Waals surface area (Å²) >= 11 is 0. The smallest absolute Gasteiger partial charge is 0.274 e. The van der Waals surface area contributed by atoms with Crippen LogP contribution >= 0.6 is 0 Å². The Morgan fingerprint density at radius 1 is 1.33 bits per heavy atom. The Balaban J connectivity index is 1.74. The molecular weight excluding hydrogens is 302 g/mol. The van der Waals surface area contributed by atoms with Crippen LogP contribution < -0.4 is 0 Å². The molecule has 1 unspecified atom stereocenters. The highest BCUT2D eigenvalue weighted by atomic mass is 16.2. The fourth-order valence-corrected chi connectivity index (χ4v) is 3.06. The molecule has 1 N–H and O–H groups in total. The number of amides is 1.